The van der Waals surface area contributed by atoms with Gasteiger partial charge in [0.25, 0.3) is 11.5 Å². The van der Waals surface area contributed by atoms with Gasteiger partial charge in [-0.15, -0.1) is 0 Å². The summed E-state index contributed by atoms with van der Waals surface area (Å²) in [6.07, 6.45) is 2.57. The first-order valence-corrected chi connectivity index (χ1v) is 9.91. The average molecular weight is 408 g/mol. The first-order chi connectivity index (χ1) is 14.4. The predicted molar refractivity (Wildman–Crippen MR) is 113 cm³/mol. The molecule has 30 heavy (non-hydrogen) atoms. The Hall–Kier alpha value is -3.42. The van der Waals surface area contributed by atoms with Gasteiger partial charge >= 0.3 is 5.69 Å². The number of amides is 1. The molecule has 0 saturated carbocycles. The summed E-state index contributed by atoms with van der Waals surface area (Å²) >= 11 is 0. The minimum Gasteiger partial charge on any atom is -0.497 e. The molecule has 1 aliphatic rings. The largest absolute Gasteiger partial charge is 0.497 e. The van der Waals surface area contributed by atoms with Crippen LogP contribution in [0.15, 0.2) is 46.0 Å². The van der Waals surface area contributed by atoms with Gasteiger partial charge in [0.1, 0.15) is 17.1 Å². The summed E-state index contributed by atoms with van der Waals surface area (Å²) in [5.74, 6) is 0.609. The zero-order valence-electron chi connectivity index (χ0n) is 17.3. The van der Waals surface area contributed by atoms with Gasteiger partial charge in [0.2, 0.25) is 0 Å². The van der Waals surface area contributed by atoms with E-state index in [0.717, 1.165) is 35.1 Å². The molecule has 3 heterocycles. The highest BCUT2D eigenvalue weighted by Gasteiger charge is 2.30. The molecular formula is C22H24N4O4. The second kappa shape index (κ2) is 7.78. The van der Waals surface area contributed by atoms with E-state index < -0.39 is 11.2 Å². The van der Waals surface area contributed by atoms with Crippen LogP contribution in [0.2, 0.25) is 0 Å². The fourth-order valence-corrected chi connectivity index (χ4v) is 4.11. The molecule has 1 amide bonds. The summed E-state index contributed by atoms with van der Waals surface area (Å²) < 4.78 is 7.63. The summed E-state index contributed by atoms with van der Waals surface area (Å²) in [5.41, 5.74) is 0.676. The van der Waals surface area contributed by atoms with E-state index in [2.05, 4.69) is 4.98 Å². The molecule has 1 unspecified atom stereocenters. The van der Waals surface area contributed by atoms with Gasteiger partial charge in [-0.25, -0.2) is 9.78 Å². The Bertz CT molecular complexity index is 1240. The van der Waals surface area contributed by atoms with Crippen molar-refractivity contribution in [2.45, 2.75) is 25.3 Å². The minimum absolute atomic E-state index is 0.0644. The minimum atomic E-state index is -0.471. The number of hydrogen-bond acceptors (Lipinski definition) is 5. The molecular weight excluding hydrogens is 384 g/mol. The van der Waals surface area contributed by atoms with E-state index in [1.54, 1.807) is 26.3 Å². The summed E-state index contributed by atoms with van der Waals surface area (Å²) in [7, 11) is 4.61. The standard InChI is InChI=1S/C22H24N4O4/c1-24-19-17(20(27)25(2)22(24)29)9-10-18(23-19)21(28)26-11-5-7-15(26)12-14-6-4-8-16(13-14)30-3/h4,6,8-10,13,15H,5,7,11-12H2,1-3H3. The molecule has 2 aromatic heterocycles. The van der Waals surface area contributed by atoms with E-state index in [-0.39, 0.29) is 23.3 Å². The summed E-state index contributed by atoms with van der Waals surface area (Å²) in [6, 6.07) is 11.1. The Morgan fingerprint density at radius 1 is 1.17 bits per heavy atom. The van der Waals surface area contributed by atoms with Crippen LogP contribution in [0, 0.1) is 0 Å². The van der Waals surface area contributed by atoms with E-state index >= 15 is 0 Å². The van der Waals surface area contributed by atoms with Gasteiger partial charge in [-0.05, 0) is 49.1 Å². The highest BCUT2D eigenvalue weighted by atomic mass is 16.5. The molecule has 1 aliphatic heterocycles. The number of methoxy groups -OCH3 is 1. The molecule has 156 valence electrons. The molecule has 4 rings (SSSR count). The van der Waals surface area contributed by atoms with Gasteiger partial charge in [0.15, 0.2) is 0 Å². The topological polar surface area (TPSA) is 86.4 Å². The molecule has 1 saturated heterocycles. The number of fused-ring (bicyclic) bond motifs is 1. The molecule has 8 heteroatoms. The Morgan fingerprint density at radius 2 is 1.97 bits per heavy atom. The highest BCUT2D eigenvalue weighted by molar-refractivity contribution is 5.94. The number of carbonyl (C=O) groups excluding carboxylic acids is 1. The Kier molecular flexibility index (Phi) is 5.15. The lowest BCUT2D eigenvalue weighted by Crippen LogP contribution is -2.39. The quantitative estimate of drug-likeness (QED) is 0.653. The monoisotopic (exact) mass is 408 g/mol. The maximum Gasteiger partial charge on any atom is 0.332 e. The van der Waals surface area contributed by atoms with E-state index in [1.807, 2.05) is 29.2 Å². The van der Waals surface area contributed by atoms with Crippen LogP contribution in [0.1, 0.15) is 28.9 Å². The van der Waals surface area contributed by atoms with Crippen molar-refractivity contribution in [2.75, 3.05) is 13.7 Å². The molecule has 1 atom stereocenters. The number of carbonyl (C=O) groups is 1. The molecule has 3 aromatic rings. The third-order valence-corrected chi connectivity index (χ3v) is 5.76. The Balaban J connectivity index is 1.65. The molecule has 1 fully saturated rings. The molecule has 0 radical (unpaired) electrons. The summed E-state index contributed by atoms with van der Waals surface area (Å²) in [6.45, 7) is 0.655. The zero-order valence-corrected chi connectivity index (χ0v) is 17.3. The van der Waals surface area contributed by atoms with Crippen molar-refractivity contribution < 1.29 is 9.53 Å². The van der Waals surface area contributed by atoms with Crippen LogP contribution in [0.5, 0.6) is 5.75 Å². The van der Waals surface area contributed by atoms with Crippen molar-refractivity contribution in [1.29, 1.82) is 0 Å². The van der Waals surface area contributed by atoms with Gasteiger partial charge in [0.05, 0.1) is 12.5 Å². The first kappa shape index (κ1) is 19.9. The smallest absolute Gasteiger partial charge is 0.332 e. The van der Waals surface area contributed by atoms with Crippen molar-refractivity contribution in [2.24, 2.45) is 14.1 Å². The second-order valence-corrected chi connectivity index (χ2v) is 7.62. The van der Waals surface area contributed by atoms with E-state index in [9.17, 15) is 14.4 Å². The van der Waals surface area contributed by atoms with Crippen LogP contribution in [-0.4, -0.2) is 44.6 Å². The van der Waals surface area contributed by atoms with Crippen molar-refractivity contribution >= 4 is 16.9 Å². The van der Waals surface area contributed by atoms with Crippen LogP contribution in [-0.2, 0) is 20.5 Å². The van der Waals surface area contributed by atoms with Crippen molar-refractivity contribution in [1.82, 2.24) is 19.0 Å². The molecule has 8 nitrogen and oxygen atoms in total. The van der Waals surface area contributed by atoms with Crippen LogP contribution in [0.4, 0.5) is 0 Å². The van der Waals surface area contributed by atoms with Crippen molar-refractivity contribution in [3.05, 3.63) is 68.5 Å². The van der Waals surface area contributed by atoms with Gasteiger partial charge in [-0.3, -0.25) is 18.7 Å². The lowest BCUT2D eigenvalue weighted by molar-refractivity contribution is 0.0731. The molecule has 0 spiro atoms. The van der Waals surface area contributed by atoms with E-state index in [4.69, 9.17) is 4.74 Å². The first-order valence-electron chi connectivity index (χ1n) is 9.91. The molecule has 1 aromatic carbocycles. The lowest BCUT2D eigenvalue weighted by Gasteiger charge is -2.25. The maximum atomic E-state index is 13.2. The van der Waals surface area contributed by atoms with Gasteiger partial charge < -0.3 is 9.64 Å². The van der Waals surface area contributed by atoms with Crippen LogP contribution >= 0.6 is 0 Å². The number of likely N-dealkylation sites (tertiary alicyclic amines) is 1. The van der Waals surface area contributed by atoms with Crippen molar-refractivity contribution in [3.63, 3.8) is 0 Å². The number of rotatable bonds is 4. The van der Waals surface area contributed by atoms with Gasteiger partial charge in [0, 0.05) is 26.7 Å². The number of pyridine rings is 1. The molecule has 0 aliphatic carbocycles. The SMILES string of the molecule is COc1cccc(CC2CCCN2C(=O)c2ccc3c(=O)n(C)c(=O)n(C)c3n2)c1. The fraction of sp³-hybridized carbons (Fsp3) is 0.364. The third-order valence-electron chi connectivity index (χ3n) is 5.76. The fourth-order valence-electron chi connectivity index (χ4n) is 4.11. The van der Waals surface area contributed by atoms with Gasteiger partial charge in [-0.1, -0.05) is 12.1 Å². The lowest BCUT2D eigenvalue weighted by atomic mass is 10.0. The number of nitrogens with zero attached hydrogens (tertiary/aromatic N) is 4. The molecule has 0 N–H and O–H groups in total. The van der Waals surface area contributed by atoms with Crippen LogP contribution in [0.25, 0.3) is 11.0 Å². The molecule has 0 bridgehead atoms. The average Bonchev–Trinajstić information content (AvgIpc) is 3.23. The number of hydrogen-bond donors (Lipinski definition) is 0. The summed E-state index contributed by atoms with van der Waals surface area (Å²) in [5, 5.41) is 0.311. The Morgan fingerprint density at radius 3 is 2.73 bits per heavy atom. The second-order valence-electron chi connectivity index (χ2n) is 7.62. The third kappa shape index (κ3) is 3.38. The maximum absolute atomic E-state index is 13.2. The van der Waals surface area contributed by atoms with Crippen LogP contribution < -0.4 is 16.0 Å². The number of aryl methyl sites for hydroxylation is 1. The van der Waals surface area contributed by atoms with Crippen LogP contribution in [0.3, 0.4) is 0 Å². The van der Waals surface area contributed by atoms with E-state index in [1.165, 1.54) is 11.6 Å². The summed E-state index contributed by atoms with van der Waals surface area (Å²) in [4.78, 5) is 44.0. The van der Waals surface area contributed by atoms with Gasteiger partial charge in [-0.2, -0.15) is 0 Å². The predicted octanol–water partition coefficient (Wildman–Crippen LogP) is 1.49. The number of aromatic nitrogens is 3. The zero-order chi connectivity index (χ0) is 21.4. The Labute approximate surface area is 173 Å². The number of benzene rings is 1. The highest BCUT2D eigenvalue weighted by Crippen LogP contribution is 2.24. The normalized spacial score (nSPS) is 16.2. The van der Waals surface area contributed by atoms with Crippen molar-refractivity contribution in [3.8, 4) is 5.75 Å². The number of ether oxygens (including phenoxy) is 1. The van der Waals surface area contributed by atoms with E-state index in [0.29, 0.717) is 11.9 Å².